The van der Waals surface area contributed by atoms with Crippen LogP contribution in [0.1, 0.15) is 6.42 Å². The molecule has 1 aliphatic heterocycles. The number of piperidine rings is 1. The van der Waals surface area contributed by atoms with Gasteiger partial charge in [-0.05, 0) is 31.2 Å². The van der Waals surface area contributed by atoms with Crippen molar-refractivity contribution in [3.8, 4) is 22.9 Å². The van der Waals surface area contributed by atoms with Crippen LogP contribution in [-0.4, -0.2) is 60.1 Å². The van der Waals surface area contributed by atoms with E-state index in [0.29, 0.717) is 54.2 Å². The number of ether oxygens (including phenoxy) is 3. The average Bonchev–Trinajstić information content (AvgIpc) is 3.24. The molecule has 0 radical (unpaired) electrons. The lowest BCUT2D eigenvalue weighted by molar-refractivity contribution is 0.0740. The van der Waals surface area contributed by atoms with Crippen molar-refractivity contribution >= 4 is 16.6 Å². The maximum atomic E-state index is 14.3. The van der Waals surface area contributed by atoms with Crippen molar-refractivity contribution in [3.05, 3.63) is 54.6 Å². The van der Waals surface area contributed by atoms with Gasteiger partial charge in [-0.2, -0.15) is 0 Å². The molecular formula is C24H24F2N4O3. The number of methoxy groups -OCH3 is 1. The van der Waals surface area contributed by atoms with Crippen molar-refractivity contribution in [1.82, 2.24) is 19.7 Å². The summed E-state index contributed by atoms with van der Waals surface area (Å²) < 4.78 is 47.0. The number of alkyl halides is 1. The van der Waals surface area contributed by atoms with Gasteiger partial charge >= 0.3 is 0 Å². The molecule has 172 valence electrons. The smallest absolute Gasteiger partial charge is 0.149 e. The van der Waals surface area contributed by atoms with Gasteiger partial charge in [0.15, 0.2) is 0 Å². The molecule has 0 unspecified atom stereocenters. The number of pyridine rings is 2. The summed E-state index contributed by atoms with van der Waals surface area (Å²) in [6, 6.07) is 9.93. The predicted molar refractivity (Wildman–Crippen MR) is 120 cm³/mol. The molecule has 33 heavy (non-hydrogen) atoms. The van der Waals surface area contributed by atoms with Crippen LogP contribution < -0.4 is 14.8 Å². The zero-order valence-corrected chi connectivity index (χ0v) is 18.1. The molecular weight excluding hydrogens is 430 g/mol. The Balaban J connectivity index is 1.50. The van der Waals surface area contributed by atoms with Gasteiger partial charge < -0.3 is 19.5 Å². The van der Waals surface area contributed by atoms with E-state index in [-0.39, 0.29) is 12.3 Å². The Morgan fingerprint density at radius 1 is 1.18 bits per heavy atom. The van der Waals surface area contributed by atoms with Crippen LogP contribution in [0.25, 0.3) is 27.9 Å². The number of benzene rings is 1. The summed E-state index contributed by atoms with van der Waals surface area (Å²) in [5, 5.41) is 3.58. The topological polar surface area (TPSA) is 69.9 Å². The van der Waals surface area contributed by atoms with Gasteiger partial charge in [-0.1, -0.05) is 6.07 Å². The zero-order chi connectivity index (χ0) is 22.8. The van der Waals surface area contributed by atoms with Gasteiger partial charge in [0.1, 0.15) is 47.4 Å². The zero-order valence-electron chi connectivity index (χ0n) is 18.1. The van der Waals surface area contributed by atoms with Gasteiger partial charge in [0.2, 0.25) is 0 Å². The Morgan fingerprint density at radius 3 is 2.94 bits per heavy atom. The molecule has 0 amide bonds. The number of hydrogen-bond donors (Lipinski definition) is 1. The summed E-state index contributed by atoms with van der Waals surface area (Å²) in [5.74, 6) is 0.480. The third kappa shape index (κ3) is 4.46. The van der Waals surface area contributed by atoms with E-state index in [2.05, 4.69) is 10.3 Å². The molecule has 4 heterocycles. The Bertz CT molecular complexity index is 1280. The molecule has 2 atom stereocenters. The Morgan fingerprint density at radius 2 is 2.09 bits per heavy atom. The number of imidazole rings is 1. The van der Waals surface area contributed by atoms with Crippen molar-refractivity contribution in [2.75, 3.05) is 33.4 Å². The minimum atomic E-state index is -1.17. The number of nitrogens with one attached hydrogen (secondary N) is 1. The number of aromatic nitrogens is 3. The summed E-state index contributed by atoms with van der Waals surface area (Å²) in [7, 11) is 1.62. The molecule has 0 saturated carbocycles. The van der Waals surface area contributed by atoms with Gasteiger partial charge in [0.05, 0.1) is 24.2 Å². The lowest BCUT2D eigenvalue weighted by atomic mass is 10.1. The van der Waals surface area contributed by atoms with Gasteiger partial charge in [-0.15, -0.1) is 0 Å². The Labute approximate surface area is 189 Å². The minimum Gasteiger partial charge on any atom is -0.491 e. The predicted octanol–water partition coefficient (Wildman–Crippen LogP) is 3.79. The van der Waals surface area contributed by atoms with Gasteiger partial charge in [0.25, 0.3) is 0 Å². The molecule has 1 fully saturated rings. The number of rotatable bonds is 7. The molecule has 5 rings (SSSR count). The van der Waals surface area contributed by atoms with Crippen molar-refractivity contribution in [2.24, 2.45) is 0 Å². The third-order valence-electron chi connectivity index (χ3n) is 5.65. The Kier molecular flexibility index (Phi) is 6.06. The van der Waals surface area contributed by atoms with Crippen molar-refractivity contribution in [2.45, 2.75) is 18.7 Å². The normalized spacial score (nSPS) is 18.6. The highest BCUT2D eigenvalue weighted by atomic mass is 19.1. The summed E-state index contributed by atoms with van der Waals surface area (Å²) in [6.07, 6.45) is 2.27. The molecule has 0 aliphatic carbocycles. The van der Waals surface area contributed by atoms with Crippen LogP contribution >= 0.6 is 0 Å². The van der Waals surface area contributed by atoms with Crippen LogP contribution in [0.2, 0.25) is 0 Å². The van der Waals surface area contributed by atoms with Crippen LogP contribution in [0.5, 0.6) is 11.5 Å². The highest BCUT2D eigenvalue weighted by Gasteiger charge is 2.27. The first-order chi connectivity index (χ1) is 16.1. The largest absolute Gasteiger partial charge is 0.491 e. The molecule has 0 spiro atoms. The van der Waals surface area contributed by atoms with Gasteiger partial charge in [0, 0.05) is 37.4 Å². The van der Waals surface area contributed by atoms with Gasteiger partial charge in [-0.3, -0.25) is 4.40 Å². The van der Waals surface area contributed by atoms with Crippen LogP contribution in [0, 0.1) is 5.82 Å². The summed E-state index contributed by atoms with van der Waals surface area (Å²) in [6.45, 7) is 1.81. The lowest BCUT2D eigenvalue weighted by Gasteiger charge is -2.27. The highest BCUT2D eigenvalue weighted by molar-refractivity contribution is 5.86. The fraction of sp³-hybridized carbons (Fsp3) is 0.333. The summed E-state index contributed by atoms with van der Waals surface area (Å²) in [5.41, 5.74) is 2.58. The highest BCUT2D eigenvalue weighted by Crippen LogP contribution is 2.31. The molecule has 1 N–H and O–H groups in total. The first kappa shape index (κ1) is 21.5. The fourth-order valence-electron chi connectivity index (χ4n) is 3.98. The van der Waals surface area contributed by atoms with E-state index in [0.717, 1.165) is 5.69 Å². The van der Waals surface area contributed by atoms with E-state index in [1.54, 1.807) is 25.4 Å². The number of fused-ring (bicyclic) bond motifs is 2. The van der Waals surface area contributed by atoms with E-state index in [1.165, 1.54) is 12.1 Å². The molecule has 3 aromatic heterocycles. The number of nitrogens with zero attached hydrogens (tertiary/aromatic N) is 3. The molecule has 7 nitrogen and oxygen atoms in total. The average molecular weight is 454 g/mol. The monoisotopic (exact) mass is 454 g/mol. The molecule has 9 heteroatoms. The quantitative estimate of drug-likeness (QED) is 0.429. The second-order valence-electron chi connectivity index (χ2n) is 7.91. The van der Waals surface area contributed by atoms with Crippen LogP contribution in [0.3, 0.4) is 0 Å². The second kappa shape index (κ2) is 9.29. The maximum absolute atomic E-state index is 14.3. The van der Waals surface area contributed by atoms with E-state index in [9.17, 15) is 8.78 Å². The maximum Gasteiger partial charge on any atom is 0.149 e. The van der Waals surface area contributed by atoms with Crippen LogP contribution in [0.4, 0.5) is 8.78 Å². The van der Waals surface area contributed by atoms with Crippen molar-refractivity contribution < 1.29 is 23.0 Å². The Hall–Kier alpha value is -3.30. The first-order valence-electron chi connectivity index (χ1n) is 10.8. The van der Waals surface area contributed by atoms with Crippen molar-refractivity contribution in [1.29, 1.82) is 0 Å². The van der Waals surface area contributed by atoms with E-state index < -0.39 is 18.1 Å². The molecule has 0 bridgehead atoms. The molecule has 1 saturated heterocycles. The lowest BCUT2D eigenvalue weighted by Crippen LogP contribution is -2.44. The van der Waals surface area contributed by atoms with E-state index in [1.807, 2.05) is 22.7 Å². The summed E-state index contributed by atoms with van der Waals surface area (Å²) >= 11 is 0. The number of halogens is 2. The van der Waals surface area contributed by atoms with E-state index in [4.69, 9.17) is 19.2 Å². The SMILES string of the molecule is COCCOc1ccn2c(-c3ccc4cc(F)cc(O[C@@H]5CCNC[C@H]5F)c4n3)cnc2c1. The third-order valence-corrected chi connectivity index (χ3v) is 5.65. The number of hydrogen-bond acceptors (Lipinski definition) is 6. The minimum absolute atomic E-state index is 0.218. The summed E-state index contributed by atoms with van der Waals surface area (Å²) in [4.78, 5) is 9.21. The molecule has 1 aliphatic rings. The molecule has 1 aromatic carbocycles. The van der Waals surface area contributed by atoms with Crippen LogP contribution in [0.15, 0.2) is 48.8 Å². The first-order valence-corrected chi connectivity index (χ1v) is 10.8. The standard InChI is InChI=1S/C24H24F2N4O3/c1-31-8-9-32-17-5-7-30-20(14-28-23(30)12-17)19-3-2-15-10-16(25)11-22(24(15)29-19)33-21-4-6-27-13-18(21)26/h2-3,5,7,10-12,14,18,21,27H,4,6,8-9,13H2,1H3/t18-,21-/m1/s1. The van der Waals surface area contributed by atoms with Crippen molar-refractivity contribution in [3.63, 3.8) is 0 Å². The van der Waals surface area contributed by atoms with Gasteiger partial charge in [-0.25, -0.2) is 18.7 Å². The van der Waals surface area contributed by atoms with Crippen LogP contribution in [-0.2, 0) is 4.74 Å². The fourth-order valence-corrected chi connectivity index (χ4v) is 3.98. The van der Waals surface area contributed by atoms with E-state index >= 15 is 0 Å². The molecule has 4 aromatic rings. The second-order valence-corrected chi connectivity index (χ2v) is 7.91.